The van der Waals surface area contributed by atoms with Gasteiger partial charge in [-0.3, -0.25) is 0 Å². The van der Waals surface area contributed by atoms with Gasteiger partial charge in [0.1, 0.15) is 0 Å². The van der Waals surface area contributed by atoms with Gasteiger partial charge in [-0.05, 0) is 33.0 Å². The van der Waals surface area contributed by atoms with Crippen LogP contribution in [-0.2, 0) is 0 Å². The SMILES string of the molecule is CNC(C(O)CN)C1CCN(C)C1. The van der Waals surface area contributed by atoms with Crippen molar-refractivity contribution in [3.63, 3.8) is 0 Å². The summed E-state index contributed by atoms with van der Waals surface area (Å²) in [6, 6.07) is 0.148. The number of likely N-dealkylation sites (N-methyl/N-ethyl adjacent to an activating group) is 1. The molecule has 3 atom stereocenters. The Morgan fingerprint density at radius 2 is 2.38 bits per heavy atom. The summed E-state index contributed by atoms with van der Waals surface area (Å²) >= 11 is 0. The summed E-state index contributed by atoms with van der Waals surface area (Å²) in [7, 11) is 4.00. The number of likely N-dealkylation sites (tertiary alicyclic amines) is 1. The van der Waals surface area contributed by atoms with Crippen molar-refractivity contribution >= 4 is 0 Å². The van der Waals surface area contributed by atoms with Crippen LogP contribution in [0.1, 0.15) is 6.42 Å². The summed E-state index contributed by atoms with van der Waals surface area (Å²) in [6.07, 6.45) is 0.737. The summed E-state index contributed by atoms with van der Waals surface area (Å²) in [6.45, 7) is 2.52. The van der Waals surface area contributed by atoms with Crippen molar-refractivity contribution in [1.82, 2.24) is 10.2 Å². The van der Waals surface area contributed by atoms with E-state index in [2.05, 4.69) is 17.3 Å². The average molecular weight is 187 g/mol. The topological polar surface area (TPSA) is 61.5 Å². The fourth-order valence-corrected chi connectivity index (χ4v) is 2.15. The highest BCUT2D eigenvalue weighted by Gasteiger charge is 2.30. The van der Waals surface area contributed by atoms with E-state index < -0.39 is 6.10 Å². The zero-order valence-electron chi connectivity index (χ0n) is 8.53. The van der Waals surface area contributed by atoms with Gasteiger partial charge in [-0.1, -0.05) is 0 Å². The predicted octanol–water partition coefficient (Wildman–Crippen LogP) is -1.15. The molecule has 1 aliphatic heterocycles. The van der Waals surface area contributed by atoms with Gasteiger partial charge in [0.2, 0.25) is 0 Å². The molecule has 0 spiro atoms. The quantitative estimate of drug-likeness (QED) is 0.520. The summed E-state index contributed by atoms with van der Waals surface area (Å²) in [5.41, 5.74) is 5.45. The summed E-state index contributed by atoms with van der Waals surface area (Å²) in [5, 5.41) is 12.8. The molecular formula is C9H21N3O. The van der Waals surface area contributed by atoms with Crippen molar-refractivity contribution < 1.29 is 5.11 Å². The molecule has 0 aromatic carbocycles. The van der Waals surface area contributed by atoms with Crippen LogP contribution < -0.4 is 11.1 Å². The average Bonchev–Trinajstić information content (AvgIpc) is 2.53. The van der Waals surface area contributed by atoms with Crippen molar-refractivity contribution in [3.05, 3.63) is 0 Å². The third-order valence-electron chi connectivity index (χ3n) is 2.93. The maximum Gasteiger partial charge on any atom is 0.0818 e. The van der Waals surface area contributed by atoms with Gasteiger partial charge in [0, 0.05) is 19.1 Å². The van der Waals surface area contributed by atoms with E-state index in [-0.39, 0.29) is 6.04 Å². The van der Waals surface area contributed by atoms with E-state index in [1.165, 1.54) is 0 Å². The molecule has 0 bridgehead atoms. The number of hydrogen-bond acceptors (Lipinski definition) is 4. The van der Waals surface area contributed by atoms with Crippen LogP contribution >= 0.6 is 0 Å². The zero-order chi connectivity index (χ0) is 9.84. The van der Waals surface area contributed by atoms with Gasteiger partial charge in [-0.15, -0.1) is 0 Å². The Hall–Kier alpha value is -0.160. The first-order chi connectivity index (χ1) is 6.19. The van der Waals surface area contributed by atoms with Crippen LogP contribution in [0.3, 0.4) is 0 Å². The third kappa shape index (κ3) is 2.64. The molecule has 1 aliphatic rings. The molecule has 78 valence electrons. The number of hydrogen-bond donors (Lipinski definition) is 3. The van der Waals surface area contributed by atoms with Crippen molar-refractivity contribution in [2.24, 2.45) is 11.7 Å². The summed E-state index contributed by atoms with van der Waals surface area (Å²) in [5.74, 6) is 0.536. The van der Waals surface area contributed by atoms with Crippen LogP contribution in [0.2, 0.25) is 0 Å². The number of nitrogens with one attached hydrogen (secondary N) is 1. The maximum absolute atomic E-state index is 9.66. The summed E-state index contributed by atoms with van der Waals surface area (Å²) in [4.78, 5) is 2.29. The highest BCUT2D eigenvalue weighted by molar-refractivity contribution is 4.87. The predicted molar refractivity (Wildman–Crippen MR) is 53.5 cm³/mol. The normalized spacial score (nSPS) is 29.1. The third-order valence-corrected chi connectivity index (χ3v) is 2.93. The van der Waals surface area contributed by atoms with E-state index in [4.69, 9.17) is 5.73 Å². The van der Waals surface area contributed by atoms with E-state index in [1.54, 1.807) is 0 Å². The molecule has 0 aromatic rings. The molecule has 4 nitrogen and oxygen atoms in total. The van der Waals surface area contributed by atoms with Crippen LogP contribution in [0.5, 0.6) is 0 Å². The minimum atomic E-state index is -0.415. The van der Waals surface area contributed by atoms with Crippen LogP contribution in [0, 0.1) is 5.92 Å². The van der Waals surface area contributed by atoms with E-state index in [9.17, 15) is 5.11 Å². The van der Waals surface area contributed by atoms with E-state index >= 15 is 0 Å². The number of aliphatic hydroxyl groups excluding tert-OH is 1. The molecule has 4 N–H and O–H groups in total. The lowest BCUT2D eigenvalue weighted by Gasteiger charge is -2.27. The molecule has 4 heteroatoms. The number of aliphatic hydroxyl groups is 1. The molecule has 1 saturated heterocycles. The second kappa shape index (κ2) is 4.91. The zero-order valence-corrected chi connectivity index (χ0v) is 8.53. The second-order valence-corrected chi connectivity index (χ2v) is 3.93. The monoisotopic (exact) mass is 187 g/mol. The minimum absolute atomic E-state index is 0.148. The van der Waals surface area contributed by atoms with Gasteiger partial charge in [0.05, 0.1) is 6.10 Å². The number of nitrogens with zero attached hydrogens (tertiary/aromatic N) is 1. The largest absolute Gasteiger partial charge is 0.390 e. The molecule has 3 unspecified atom stereocenters. The Bertz CT molecular complexity index is 154. The van der Waals surface area contributed by atoms with Gasteiger partial charge in [-0.25, -0.2) is 0 Å². The molecule has 1 heterocycles. The van der Waals surface area contributed by atoms with Crippen molar-refractivity contribution in [2.45, 2.75) is 18.6 Å². The van der Waals surface area contributed by atoms with Gasteiger partial charge in [0.15, 0.2) is 0 Å². The molecule has 0 radical (unpaired) electrons. The van der Waals surface area contributed by atoms with E-state index in [0.717, 1.165) is 19.5 Å². The maximum atomic E-state index is 9.66. The molecule has 1 rings (SSSR count). The number of rotatable bonds is 4. The molecule has 13 heavy (non-hydrogen) atoms. The van der Waals surface area contributed by atoms with E-state index in [0.29, 0.717) is 12.5 Å². The van der Waals surface area contributed by atoms with Gasteiger partial charge in [0.25, 0.3) is 0 Å². The first-order valence-electron chi connectivity index (χ1n) is 4.93. The Morgan fingerprint density at radius 1 is 1.69 bits per heavy atom. The molecular weight excluding hydrogens is 166 g/mol. The second-order valence-electron chi connectivity index (χ2n) is 3.93. The lowest BCUT2D eigenvalue weighted by Crippen LogP contribution is -2.47. The van der Waals surface area contributed by atoms with Crippen molar-refractivity contribution in [2.75, 3.05) is 33.7 Å². The smallest absolute Gasteiger partial charge is 0.0818 e. The van der Waals surface area contributed by atoms with Gasteiger partial charge in [-0.2, -0.15) is 0 Å². The molecule has 0 aromatic heterocycles. The Morgan fingerprint density at radius 3 is 2.77 bits per heavy atom. The van der Waals surface area contributed by atoms with Crippen LogP contribution in [0.15, 0.2) is 0 Å². The van der Waals surface area contributed by atoms with Crippen LogP contribution in [-0.4, -0.2) is 55.9 Å². The standard InChI is InChI=1S/C9H21N3O/c1-11-9(8(13)5-10)7-3-4-12(2)6-7/h7-9,11,13H,3-6,10H2,1-2H3. The first kappa shape index (κ1) is 10.9. The lowest BCUT2D eigenvalue weighted by atomic mass is 9.94. The van der Waals surface area contributed by atoms with Crippen molar-refractivity contribution in [3.8, 4) is 0 Å². The Labute approximate surface area is 80.1 Å². The van der Waals surface area contributed by atoms with Crippen LogP contribution in [0.4, 0.5) is 0 Å². The van der Waals surface area contributed by atoms with Crippen LogP contribution in [0.25, 0.3) is 0 Å². The van der Waals surface area contributed by atoms with Crippen molar-refractivity contribution in [1.29, 1.82) is 0 Å². The van der Waals surface area contributed by atoms with E-state index in [1.807, 2.05) is 7.05 Å². The Kier molecular flexibility index (Phi) is 4.12. The fourth-order valence-electron chi connectivity index (χ4n) is 2.15. The minimum Gasteiger partial charge on any atom is -0.390 e. The highest BCUT2D eigenvalue weighted by atomic mass is 16.3. The molecule has 0 saturated carbocycles. The van der Waals surface area contributed by atoms with Gasteiger partial charge < -0.3 is 21.1 Å². The molecule has 0 aliphatic carbocycles. The van der Waals surface area contributed by atoms with Gasteiger partial charge >= 0.3 is 0 Å². The highest BCUT2D eigenvalue weighted by Crippen LogP contribution is 2.19. The first-order valence-corrected chi connectivity index (χ1v) is 4.93. The lowest BCUT2D eigenvalue weighted by molar-refractivity contribution is 0.109. The summed E-state index contributed by atoms with van der Waals surface area (Å²) < 4.78 is 0. The molecule has 0 amide bonds. The number of nitrogens with two attached hydrogens (primary N) is 1. The fraction of sp³-hybridized carbons (Fsp3) is 1.00. The molecule has 1 fully saturated rings. The Balaban J connectivity index is 2.46.